The molecule has 3 rings (SSSR count). The van der Waals surface area contributed by atoms with Crippen LogP contribution in [-0.2, 0) is 11.2 Å². The fourth-order valence-electron chi connectivity index (χ4n) is 5.09. The lowest BCUT2D eigenvalue weighted by molar-refractivity contribution is -0.124. The monoisotopic (exact) mass is 479 g/mol. The first-order chi connectivity index (χ1) is 16.2. The zero-order valence-corrected chi connectivity index (χ0v) is 20.6. The van der Waals surface area contributed by atoms with Crippen molar-refractivity contribution in [3.05, 3.63) is 11.6 Å². The molecule has 1 aromatic heterocycles. The van der Waals surface area contributed by atoms with Crippen LogP contribution in [0, 0.1) is 23.6 Å². The minimum absolute atomic E-state index is 0.00858. The molecule has 4 N–H and O–H groups in total. The highest BCUT2D eigenvalue weighted by Crippen LogP contribution is 2.31. The number of amides is 2. The number of nitrogens with zero attached hydrogens (tertiary/aromatic N) is 4. The molecule has 1 aliphatic carbocycles. The van der Waals surface area contributed by atoms with Gasteiger partial charge in [0.1, 0.15) is 5.82 Å². The number of carboxylic acid groups (broad SMARTS) is 1. The van der Waals surface area contributed by atoms with Crippen molar-refractivity contribution in [3.8, 4) is 0 Å². The number of aromatic nitrogens is 2. The number of halogens is 1. The van der Waals surface area contributed by atoms with E-state index in [1.165, 1.54) is 0 Å². The third kappa shape index (κ3) is 6.46. The lowest BCUT2D eigenvalue weighted by Gasteiger charge is -2.23. The summed E-state index contributed by atoms with van der Waals surface area (Å²) in [5.74, 6) is -0.185. The van der Waals surface area contributed by atoms with E-state index in [9.17, 15) is 9.59 Å². The van der Waals surface area contributed by atoms with Crippen LogP contribution in [0.1, 0.15) is 51.8 Å². The first-order valence-corrected chi connectivity index (χ1v) is 12.2. The highest BCUT2D eigenvalue weighted by atomic mass is 19.1. The fourth-order valence-corrected chi connectivity index (χ4v) is 5.09. The summed E-state index contributed by atoms with van der Waals surface area (Å²) in [6, 6.07) is 0.286. The Labute approximate surface area is 200 Å². The van der Waals surface area contributed by atoms with E-state index in [0.29, 0.717) is 43.6 Å². The van der Waals surface area contributed by atoms with Crippen molar-refractivity contribution in [2.24, 2.45) is 17.8 Å². The number of hydrazine groups is 1. The molecule has 10 nitrogen and oxygen atoms in total. The van der Waals surface area contributed by atoms with Gasteiger partial charge in [0, 0.05) is 32.1 Å². The summed E-state index contributed by atoms with van der Waals surface area (Å²) in [6.45, 7) is 5.37. The Morgan fingerprint density at radius 2 is 1.94 bits per heavy atom. The van der Waals surface area contributed by atoms with E-state index in [4.69, 9.17) is 5.11 Å². The van der Waals surface area contributed by atoms with Gasteiger partial charge in [-0.2, -0.15) is 4.39 Å². The Bertz CT molecular complexity index is 863. The number of nitrogens with one attached hydrogen (secondary N) is 3. The minimum atomic E-state index is -1.17. The highest BCUT2D eigenvalue weighted by molar-refractivity contribution is 5.80. The Morgan fingerprint density at radius 1 is 1.24 bits per heavy atom. The minimum Gasteiger partial charge on any atom is -0.465 e. The molecule has 1 aromatic rings. The fraction of sp³-hybridized carbons (Fsp3) is 0.739. The maximum absolute atomic E-state index is 15.4. The van der Waals surface area contributed by atoms with Crippen LogP contribution >= 0.6 is 0 Å². The summed E-state index contributed by atoms with van der Waals surface area (Å²) in [5, 5.41) is 11.3. The molecule has 0 unspecified atom stereocenters. The third-order valence-corrected chi connectivity index (χ3v) is 7.00. The number of hydrogen-bond donors (Lipinski definition) is 4. The Hall–Kier alpha value is -2.69. The topological polar surface area (TPSA) is 123 Å². The van der Waals surface area contributed by atoms with E-state index in [0.717, 1.165) is 25.7 Å². The molecule has 0 radical (unpaired) electrons. The second-order valence-corrected chi connectivity index (χ2v) is 9.78. The first kappa shape index (κ1) is 25.9. The van der Waals surface area contributed by atoms with Crippen LogP contribution in [0.2, 0.25) is 0 Å². The normalized spacial score (nSPS) is 21.6. The van der Waals surface area contributed by atoms with Gasteiger partial charge in [0.05, 0.1) is 5.92 Å². The molecule has 2 aliphatic rings. The SMILES string of the molecule is CCc1nc(NNC(=O)[C@@H](CNC(=O)O)CC2CCCC2)c(F)c(N2C[C@H](C)[C@@H](N(C)C)C2)n1. The van der Waals surface area contributed by atoms with E-state index in [2.05, 4.69) is 38.0 Å². The van der Waals surface area contributed by atoms with Gasteiger partial charge >= 0.3 is 6.09 Å². The summed E-state index contributed by atoms with van der Waals surface area (Å²) >= 11 is 0. The Kier molecular flexibility index (Phi) is 8.87. The van der Waals surface area contributed by atoms with Gasteiger partial charge in [0.2, 0.25) is 11.7 Å². The molecule has 1 saturated heterocycles. The van der Waals surface area contributed by atoms with Gasteiger partial charge in [-0.25, -0.2) is 14.8 Å². The van der Waals surface area contributed by atoms with Crippen LogP contribution < -0.4 is 21.1 Å². The van der Waals surface area contributed by atoms with Crippen LogP contribution in [0.5, 0.6) is 0 Å². The standard InChI is InChI=1S/C23H38FN7O3/c1-5-18-26-20(19(24)21(27-18)31-12-14(2)17(13-31)30(3)4)28-29-22(32)16(11-25-23(33)34)10-15-8-6-7-9-15/h14-17,25H,5-13H2,1-4H3,(H,29,32)(H,33,34)(H,26,27,28)/t14-,16+,17-/m0/s1. The van der Waals surface area contributed by atoms with Crippen molar-refractivity contribution in [1.29, 1.82) is 0 Å². The maximum Gasteiger partial charge on any atom is 0.404 e. The Morgan fingerprint density at radius 3 is 2.53 bits per heavy atom. The van der Waals surface area contributed by atoms with Gasteiger partial charge in [-0.15, -0.1) is 0 Å². The van der Waals surface area contributed by atoms with Crippen molar-refractivity contribution >= 4 is 23.6 Å². The molecular formula is C23H38FN7O3. The molecule has 0 bridgehead atoms. The van der Waals surface area contributed by atoms with Gasteiger partial charge in [-0.3, -0.25) is 15.6 Å². The summed E-state index contributed by atoms with van der Waals surface area (Å²) in [6.07, 6.45) is 4.26. The van der Waals surface area contributed by atoms with E-state index < -0.39 is 17.8 Å². The summed E-state index contributed by atoms with van der Waals surface area (Å²) in [5.41, 5.74) is 5.22. The molecule has 2 heterocycles. The molecule has 0 aromatic carbocycles. The maximum atomic E-state index is 15.4. The van der Waals surface area contributed by atoms with Crippen molar-refractivity contribution in [2.75, 3.05) is 44.1 Å². The molecule has 11 heteroatoms. The lowest BCUT2D eigenvalue weighted by atomic mass is 9.92. The van der Waals surface area contributed by atoms with E-state index in [-0.39, 0.29) is 30.1 Å². The lowest BCUT2D eigenvalue weighted by Crippen LogP contribution is -2.42. The first-order valence-electron chi connectivity index (χ1n) is 12.2. The van der Waals surface area contributed by atoms with Gasteiger partial charge in [-0.1, -0.05) is 39.5 Å². The quantitative estimate of drug-likeness (QED) is 0.378. The summed E-state index contributed by atoms with van der Waals surface area (Å²) in [7, 11) is 4.03. The second-order valence-electron chi connectivity index (χ2n) is 9.78. The zero-order chi connectivity index (χ0) is 24.8. The number of rotatable bonds is 10. The predicted octanol–water partition coefficient (Wildman–Crippen LogP) is 2.47. The highest BCUT2D eigenvalue weighted by Gasteiger charge is 2.34. The van der Waals surface area contributed by atoms with Gasteiger partial charge in [0.15, 0.2) is 11.6 Å². The number of anilines is 2. The predicted molar refractivity (Wildman–Crippen MR) is 128 cm³/mol. The van der Waals surface area contributed by atoms with Crippen LogP contribution in [0.15, 0.2) is 0 Å². The molecule has 2 amide bonds. The molecule has 190 valence electrons. The number of hydrogen-bond acceptors (Lipinski definition) is 7. The van der Waals surface area contributed by atoms with Crippen LogP contribution in [-0.4, -0.2) is 71.7 Å². The number of aryl methyl sites for hydroxylation is 1. The summed E-state index contributed by atoms with van der Waals surface area (Å²) < 4.78 is 15.4. The van der Waals surface area contributed by atoms with Gasteiger partial charge in [0.25, 0.3) is 0 Å². The molecular weight excluding hydrogens is 441 g/mol. The van der Waals surface area contributed by atoms with Crippen LogP contribution in [0.3, 0.4) is 0 Å². The second kappa shape index (κ2) is 11.6. The average molecular weight is 480 g/mol. The molecule has 0 spiro atoms. The number of carbonyl (C=O) groups is 2. The smallest absolute Gasteiger partial charge is 0.404 e. The van der Waals surface area contributed by atoms with Crippen molar-refractivity contribution < 1.29 is 19.1 Å². The molecule has 1 aliphatic heterocycles. The largest absolute Gasteiger partial charge is 0.465 e. The summed E-state index contributed by atoms with van der Waals surface area (Å²) in [4.78, 5) is 36.6. The van der Waals surface area contributed by atoms with Gasteiger partial charge < -0.3 is 20.2 Å². The molecule has 2 fully saturated rings. The number of carbonyl (C=O) groups excluding carboxylic acids is 1. The number of likely N-dealkylation sites (N-methyl/N-ethyl adjacent to an activating group) is 1. The van der Waals surface area contributed by atoms with Crippen molar-refractivity contribution in [1.82, 2.24) is 25.6 Å². The van der Waals surface area contributed by atoms with E-state index in [1.54, 1.807) is 0 Å². The Balaban J connectivity index is 1.72. The van der Waals surface area contributed by atoms with Crippen molar-refractivity contribution in [2.45, 2.75) is 58.4 Å². The average Bonchev–Trinajstić information content (AvgIpc) is 3.45. The van der Waals surface area contributed by atoms with Crippen LogP contribution in [0.25, 0.3) is 0 Å². The molecule has 1 saturated carbocycles. The molecule has 3 atom stereocenters. The third-order valence-electron chi connectivity index (χ3n) is 7.00. The molecule has 34 heavy (non-hydrogen) atoms. The van der Waals surface area contributed by atoms with E-state index in [1.807, 2.05) is 25.9 Å². The van der Waals surface area contributed by atoms with Gasteiger partial charge in [-0.05, 0) is 32.4 Å². The zero-order valence-electron chi connectivity index (χ0n) is 20.6. The van der Waals surface area contributed by atoms with Crippen LogP contribution in [0.4, 0.5) is 20.8 Å². The van der Waals surface area contributed by atoms with Crippen molar-refractivity contribution in [3.63, 3.8) is 0 Å². The van der Waals surface area contributed by atoms with E-state index >= 15 is 4.39 Å².